The van der Waals surface area contributed by atoms with E-state index in [0.717, 1.165) is 0 Å². The maximum absolute atomic E-state index is 12.3. The van der Waals surface area contributed by atoms with Crippen LogP contribution in [0.2, 0.25) is 0 Å². The van der Waals surface area contributed by atoms with Crippen molar-refractivity contribution in [2.24, 2.45) is 0 Å². The van der Waals surface area contributed by atoms with Crippen LogP contribution in [-0.4, -0.2) is 73.4 Å². The third-order valence-corrected chi connectivity index (χ3v) is 4.51. The molecule has 0 aliphatic carbocycles. The number of fused-ring (bicyclic) bond motifs is 1. The highest BCUT2D eigenvalue weighted by molar-refractivity contribution is 5.92. The van der Waals surface area contributed by atoms with Gasteiger partial charge in [0.05, 0.1) is 12.5 Å². The van der Waals surface area contributed by atoms with Gasteiger partial charge in [-0.2, -0.15) is 0 Å². The van der Waals surface area contributed by atoms with Gasteiger partial charge in [0.15, 0.2) is 17.1 Å². The minimum atomic E-state index is -1.20. The summed E-state index contributed by atoms with van der Waals surface area (Å²) in [6.07, 6.45) is 2.76. The molecule has 1 aliphatic heterocycles. The van der Waals surface area contributed by atoms with Gasteiger partial charge in [-0.25, -0.2) is 24.1 Å². The number of ether oxygens (including phenoxy) is 1. The van der Waals surface area contributed by atoms with E-state index in [1.807, 2.05) is 25.7 Å². The lowest BCUT2D eigenvalue weighted by atomic mass is 10.2. The molecular weight excluding hydrogens is 392 g/mol. The number of rotatable bonds is 3. The van der Waals surface area contributed by atoms with Crippen molar-refractivity contribution in [3.8, 4) is 11.6 Å². The van der Waals surface area contributed by atoms with Gasteiger partial charge in [0, 0.05) is 26.2 Å². The molecule has 0 atom stereocenters. The smallest absolute Gasteiger partial charge is 0.410 e. The van der Waals surface area contributed by atoms with E-state index in [4.69, 9.17) is 9.15 Å². The van der Waals surface area contributed by atoms with Crippen LogP contribution in [0.25, 0.3) is 17.2 Å². The van der Waals surface area contributed by atoms with Crippen LogP contribution in [0, 0.1) is 0 Å². The summed E-state index contributed by atoms with van der Waals surface area (Å²) in [6, 6.07) is 3.40. The van der Waals surface area contributed by atoms with Crippen LogP contribution in [0.5, 0.6) is 0 Å². The molecule has 1 aliphatic rings. The third kappa shape index (κ3) is 3.91. The van der Waals surface area contributed by atoms with Crippen LogP contribution in [0.3, 0.4) is 0 Å². The molecular formula is C19H22N6O5. The van der Waals surface area contributed by atoms with Crippen molar-refractivity contribution in [3.63, 3.8) is 0 Å². The fourth-order valence-corrected chi connectivity index (χ4v) is 3.13. The molecule has 3 aromatic rings. The molecule has 0 bridgehead atoms. The Labute approximate surface area is 171 Å². The maximum atomic E-state index is 12.3. The van der Waals surface area contributed by atoms with Gasteiger partial charge >= 0.3 is 12.1 Å². The Bertz CT molecular complexity index is 1080. The summed E-state index contributed by atoms with van der Waals surface area (Å²) >= 11 is 0. The first-order valence-corrected chi connectivity index (χ1v) is 9.49. The Hall–Kier alpha value is -3.63. The first kappa shape index (κ1) is 19.7. The number of piperazine rings is 1. The van der Waals surface area contributed by atoms with Gasteiger partial charge in [0.25, 0.3) is 0 Å². The molecule has 11 nitrogen and oxygen atoms in total. The van der Waals surface area contributed by atoms with Gasteiger partial charge in [-0.15, -0.1) is 5.10 Å². The van der Waals surface area contributed by atoms with Crippen molar-refractivity contribution in [2.75, 3.05) is 31.1 Å². The summed E-state index contributed by atoms with van der Waals surface area (Å²) in [7, 11) is 0. The fourth-order valence-electron chi connectivity index (χ4n) is 3.13. The van der Waals surface area contributed by atoms with Crippen LogP contribution >= 0.6 is 0 Å². The average Bonchev–Trinajstić information content (AvgIpc) is 3.35. The zero-order valence-electron chi connectivity index (χ0n) is 16.9. The molecule has 158 valence electrons. The molecule has 4 rings (SSSR count). The van der Waals surface area contributed by atoms with E-state index >= 15 is 0 Å². The molecule has 30 heavy (non-hydrogen) atoms. The Morgan fingerprint density at radius 2 is 1.90 bits per heavy atom. The van der Waals surface area contributed by atoms with E-state index in [9.17, 15) is 14.7 Å². The minimum Gasteiger partial charge on any atom is -0.476 e. The van der Waals surface area contributed by atoms with Crippen LogP contribution < -0.4 is 4.90 Å². The second kappa shape index (κ2) is 7.32. The van der Waals surface area contributed by atoms with Crippen molar-refractivity contribution in [3.05, 3.63) is 30.3 Å². The van der Waals surface area contributed by atoms with Crippen LogP contribution in [0.1, 0.15) is 31.3 Å². The first-order valence-electron chi connectivity index (χ1n) is 9.49. The first-order chi connectivity index (χ1) is 14.2. The number of nitrogens with zero attached hydrogens (tertiary/aromatic N) is 6. The number of amides is 1. The largest absolute Gasteiger partial charge is 0.476 e. The summed E-state index contributed by atoms with van der Waals surface area (Å²) in [5.41, 5.74) is -0.631. The number of carboxylic acid groups (broad SMARTS) is 1. The molecule has 1 amide bonds. The van der Waals surface area contributed by atoms with Gasteiger partial charge in [0.1, 0.15) is 11.4 Å². The van der Waals surface area contributed by atoms with Crippen molar-refractivity contribution in [1.29, 1.82) is 0 Å². The molecule has 0 spiro atoms. The number of carbonyl (C=O) groups is 2. The Kier molecular flexibility index (Phi) is 4.80. The number of aromatic nitrogens is 4. The highest BCUT2D eigenvalue weighted by Gasteiger charge is 2.28. The van der Waals surface area contributed by atoms with E-state index in [-0.39, 0.29) is 23.3 Å². The van der Waals surface area contributed by atoms with Crippen molar-refractivity contribution in [2.45, 2.75) is 26.4 Å². The lowest BCUT2D eigenvalue weighted by molar-refractivity contribution is 0.0240. The third-order valence-electron chi connectivity index (χ3n) is 4.51. The number of hydrogen-bond donors (Lipinski definition) is 1. The van der Waals surface area contributed by atoms with E-state index in [2.05, 4.69) is 15.1 Å². The van der Waals surface area contributed by atoms with Crippen LogP contribution in [-0.2, 0) is 4.74 Å². The molecule has 0 saturated carbocycles. The summed E-state index contributed by atoms with van der Waals surface area (Å²) < 4.78 is 12.1. The van der Waals surface area contributed by atoms with Gasteiger partial charge in [-0.1, -0.05) is 0 Å². The predicted octanol–water partition coefficient (Wildman–Crippen LogP) is 2.14. The summed E-state index contributed by atoms with van der Waals surface area (Å²) in [4.78, 5) is 36.1. The molecule has 4 heterocycles. The number of aromatic carboxylic acids is 1. The summed E-state index contributed by atoms with van der Waals surface area (Å²) in [6.45, 7) is 7.31. The lowest BCUT2D eigenvalue weighted by Gasteiger charge is -2.36. The number of furan rings is 1. The van der Waals surface area contributed by atoms with Gasteiger partial charge < -0.3 is 24.1 Å². The molecule has 3 aromatic heterocycles. The molecule has 11 heteroatoms. The minimum absolute atomic E-state index is 0.130. The number of carboxylic acids is 1. The Morgan fingerprint density at radius 3 is 2.50 bits per heavy atom. The standard InChI is InChI=1S/C19H22N6O5/c1-19(2,3)30-18(28)24-8-6-23(7-9-24)13-11-25-16(14(20-13)17(26)27)21-15(22-25)12-5-4-10-29-12/h4-5,10-11H,6-9H2,1-3H3,(H,26,27). The molecule has 1 saturated heterocycles. The van der Waals surface area contributed by atoms with Crippen molar-refractivity contribution in [1.82, 2.24) is 24.5 Å². The average molecular weight is 414 g/mol. The second-order valence-electron chi connectivity index (χ2n) is 7.89. The summed E-state index contributed by atoms with van der Waals surface area (Å²) in [5, 5.41) is 13.9. The second-order valence-corrected chi connectivity index (χ2v) is 7.89. The molecule has 1 N–H and O–H groups in total. The van der Waals surface area contributed by atoms with Gasteiger partial charge in [0.2, 0.25) is 5.82 Å². The summed E-state index contributed by atoms with van der Waals surface area (Å²) in [5.74, 6) is -0.0500. The Balaban J connectivity index is 1.58. The quantitative estimate of drug-likeness (QED) is 0.686. The molecule has 0 unspecified atom stereocenters. The maximum Gasteiger partial charge on any atom is 0.410 e. The molecule has 0 aromatic carbocycles. The van der Waals surface area contributed by atoms with Crippen molar-refractivity contribution >= 4 is 23.5 Å². The van der Waals surface area contributed by atoms with E-state index < -0.39 is 11.6 Å². The molecule has 0 radical (unpaired) electrons. The van der Waals surface area contributed by atoms with Gasteiger partial charge in [-0.05, 0) is 32.9 Å². The highest BCUT2D eigenvalue weighted by atomic mass is 16.6. The van der Waals surface area contributed by atoms with Crippen LogP contribution in [0.4, 0.5) is 10.6 Å². The topological polar surface area (TPSA) is 126 Å². The zero-order chi connectivity index (χ0) is 21.5. The monoisotopic (exact) mass is 414 g/mol. The van der Waals surface area contributed by atoms with E-state index in [1.54, 1.807) is 23.2 Å². The fraction of sp³-hybridized carbons (Fsp3) is 0.421. The highest BCUT2D eigenvalue weighted by Crippen LogP contribution is 2.22. The normalized spacial score (nSPS) is 14.9. The number of carbonyl (C=O) groups excluding carboxylic acids is 1. The van der Waals surface area contributed by atoms with Crippen LogP contribution in [0.15, 0.2) is 29.0 Å². The lowest BCUT2D eigenvalue weighted by Crippen LogP contribution is -2.50. The number of anilines is 1. The Morgan fingerprint density at radius 1 is 1.17 bits per heavy atom. The number of hydrogen-bond acceptors (Lipinski definition) is 8. The van der Waals surface area contributed by atoms with Gasteiger partial charge in [-0.3, -0.25) is 0 Å². The predicted molar refractivity (Wildman–Crippen MR) is 105 cm³/mol. The van der Waals surface area contributed by atoms with E-state index in [0.29, 0.717) is 37.8 Å². The zero-order valence-corrected chi connectivity index (χ0v) is 16.9. The molecule has 1 fully saturated rings. The SMILES string of the molecule is CC(C)(C)OC(=O)N1CCN(c2cn3nc(-c4ccco4)nc3c(C(=O)O)n2)CC1. The van der Waals surface area contributed by atoms with E-state index in [1.165, 1.54) is 10.8 Å². The van der Waals surface area contributed by atoms with Crippen molar-refractivity contribution < 1.29 is 23.8 Å².